The van der Waals surface area contributed by atoms with Gasteiger partial charge in [0.15, 0.2) is 0 Å². The van der Waals surface area contributed by atoms with E-state index in [1.165, 1.54) is 0 Å². The number of urea groups is 1. The maximum absolute atomic E-state index is 12.2. The number of halogens is 1. The van der Waals surface area contributed by atoms with Crippen LogP contribution in [0.5, 0.6) is 0 Å². The van der Waals surface area contributed by atoms with Crippen LogP contribution >= 0.6 is 11.6 Å². The lowest BCUT2D eigenvalue weighted by molar-refractivity contribution is 0.198. The quantitative estimate of drug-likeness (QED) is 0.920. The molecular weight excluding hydrogens is 322 g/mol. The molecule has 0 aromatic heterocycles. The van der Waals surface area contributed by atoms with Crippen molar-refractivity contribution in [1.82, 2.24) is 10.2 Å². The van der Waals surface area contributed by atoms with Crippen molar-refractivity contribution in [3.63, 3.8) is 0 Å². The monoisotopic (exact) mass is 341 g/mol. The number of carbonyl (C=O) groups excluding carboxylic acids is 1. The van der Waals surface area contributed by atoms with Gasteiger partial charge >= 0.3 is 6.03 Å². The van der Waals surface area contributed by atoms with Crippen LogP contribution < -0.4 is 10.2 Å². The Hall–Kier alpha value is -2.46. The van der Waals surface area contributed by atoms with Crippen molar-refractivity contribution in [2.75, 3.05) is 31.1 Å². The minimum atomic E-state index is -0.0621. The Kier molecular flexibility index (Phi) is 5.39. The number of piperazine rings is 1. The molecule has 0 bridgehead atoms. The molecule has 2 aromatic carbocycles. The van der Waals surface area contributed by atoms with E-state index in [-0.39, 0.29) is 6.03 Å². The summed E-state index contributed by atoms with van der Waals surface area (Å²) in [5.41, 5.74) is 2.16. The lowest BCUT2D eigenvalue weighted by Gasteiger charge is -2.35. The van der Waals surface area contributed by atoms with Crippen LogP contribution in [-0.4, -0.2) is 37.1 Å². The van der Waals surface area contributed by atoms with Gasteiger partial charge < -0.3 is 15.1 Å². The Bertz CT molecular complexity index is 710. The van der Waals surface area contributed by atoms with E-state index in [0.717, 1.165) is 29.4 Å². The van der Waals surface area contributed by atoms with Gasteiger partial charge in [-0.1, -0.05) is 48.0 Å². The highest BCUT2D eigenvalue weighted by atomic mass is 35.5. The molecule has 0 aliphatic carbocycles. The molecule has 1 N–H and O–H groups in total. The SMILES string of the molecule is O=C(N/C=C/c1ccccc1)N1CCN(c2cccc(Cl)c2)CC1. The van der Waals surface area contributed by atoms with Gasteiger partial charge in [-0.3, -0.25) is 0 Å². The van der Waals surface area contributed by atoms with Crippen molar-refractivity contribution >= 4 is 29.4 Å². The van der Waals surface area contributed by atoms with Gasteiger partial charge in [0.25, 0.3) is 0 Å². The summed E-state index contributed by atoms with van der Waals surface area (Å²) in [6, 6.07) is 17.7. The van der Waals surface area contributed by atoms with Gasteiger partial charge in [0.2, 0.25) is 0 Å². The van der Waals surface area contributed by atoms with Crippen LogP contribution in [0.25, 0.3) is 6.08 Å². The molecule has 1 aliphatic heterocycles. The summed E-state index contributed by atoms with van der Waals surface area (Å²) in [6.07, 6.45) is 3.58. The van der Waals surface area contributed by atoms with Crippen molar-refractivity contribution in [3.05, 3.63) is 71.4 Å². The summed E-state index contributed by atoms with van der Waals surface area (Å²) >= 11 is 6.04. The van der Waals surface area contributed by atoms with Crippen molar-refractivity contribution in [2.24, 2.45) is 0 Å². The second kappa shape index (κ2) is 7.88. The van der Waals surface area contributed by atoms with Gasteiger partial charge in [-0.2, -0.15) is 0 Å². The van der Waals surface area contributed by atoms with Crippen LogP contribution in [0.3, 0.4) is 0 Å². The second-order valence-electron chi connectivity index (χ2n) is 5.65. The fourth-order valence-corrected chi connectivity index (χ4v) is 2.89. The molecule has 2 aromatic rings. The third kappa shape index (κ3) is 4.30. The van der Waals surface area contributed by atoms with Crippen molar-refractivity contribution in [3.8, 4) is 0 Å². The van der Waals surface area contributed by atoms with Gasteiger partial charge in [-0.05, 0) is 29.8 Å². The van der Waals surface area contributed by atoms with Crippen molar-refractivity contribution in [1.29, 1.82) is 0 Å². The summed E-state index contributed by atoms with van der Waals surface area (Å²) in [5.74, 6) is 0. The number of hydrogen-bond acceptors (Lipinski definition) is 2. The summed E-state index contributed by atoms with van der Waals surface area (Å²) in [5, 5.41) is 3.57. The van der Waals surface area contributed by atoms with Gasteiger partial charge in [0.05, 0.1) is 0 Å². The zero-order chi connectivity index (χ0) is 16.8. The highest BCUT2D eigenvalue weighted by Crippen LogP contribution is 2.20. The molecule has 0 radical (unpaired) electrons. The van der Waals surface area contributed by atoms with E-state index < -0.39 is 0 Å². The third-order valence-electron chi connectivity index (χ3n) is 4.02. The molecule has 4 nitrogen and oxygen atoms in total. The molecule has 2 amide bonds. The number of rotatable bonds is 3. The van der Waals surface area contributed by atoms with Gasteiger partial charge in [0, 0.05) is 43.1 Å². The average Bonchev–Trinajstić information content (AvgIpc) is 2.63. The maximum Gasteiger partial charge on any atom is 0.321 e. The molecule has 124 valence electrons. The molecule has 0 spiro atoms. The van der Waals surface area contributed by atoms with Gasteiger partial charge in [-0.15, -0.1) is 0 Å². The lowest BCUT2D eigenvalue weighted by Crippen LogP contribution is -2.51. The maximum atomic E-state index is 12.2. The zero-order valence-corrected chi connectivity index (χ0v) is 14.1. The molecule has 0 saturated carbocycles. The van der Waals surface area contributed by atoms with E-state index in [1.54, 1.807) is 6.20 Å². The van der Waals surface area contributed by atoms with Gasteiger partial charge in [0.1, 0.15) is 0 Å². The highest BCUT2D eigenvalue weighted by molar-refractivity contribution is 6.30. The average molecular weight is 342 g/mol. The van der Waals surface area contributed by atoms with E-state index in [9.17, 15) is 4.79 Å². The van der Waals surface area contributed by atoms with Crippen LogP contribution in [0.15, 0.2) is 60.8 Å². The van der Waals surface area contributed by atoms with Crippen LogP contribution in [0.4, 0.5) is 10.5 Å². The Morgan fingerprint density at radius 3 is 2.46 bits per heavy atom. The first kappa shape index (κ1) is 16.4. The summed E-state index contributed by atoms with van der Waals surface area (Å²) < 4.78 is 0. The number of anilines is 1. The predicted octanol–water partition coefficient (Wildman–Crippen LogP) is 3.84. The summed E-state index contributed by atoms with van der Waals surface area (Å²) in [7, 11) is 0. The molecule has 1 heterocycles. The highest BCUT2D eigenvalue weighted by Gasteiger charge is 2.20. The zero-order valence-electron chi connectivity index (χ0n) is 13.4. The molecule has 24 heavy (non-hydrogen) atoms. The normalized spacial score (nSPS) is 14.9. The second-order valence-corrected chi connectivity index (χ2v) is 6.08. The molecule has 1 aliphatic rings. The predicted molar refractivity (Wildman–Crippen MR) is 99.2 cm³/mol. The Labute approximate surface area is 147 Å². The van der Waals surface area contributed by atoms with Crippen LogP contribution in [0, 0.1) is 0 Å². The van der Waals surface area contributed by atoms with Crippen molar-refractivity contribution < 1.29 is 4.79 Å². The first-order chi connectivity index (χ1) is 11.7. The molecule has 3 rings (SSSR count). The molecule has 5 heteroatoms. The fraction of sp³-hybridized carbons (Fsp3) is 0.211. The number of carbonyl (C=O) groups is 1. The minimum Gasteiger partial charge on any atom is -0.368 e. The minimum absolute atomic E-state index is 0.0621. The largest absolute Gasteiger partial charge is 0.368 e. The Morgan fingerprint density at radius 1 is 1.00 bits per heavy atom. The van der Waals surface area contributed by atoms with E-state index in [0.29, 0.717) is 13.1 Å². The number of nitrogens with zero attached hydrogens (tertiary/aromatic N) is 2. The molecule has 1 fully saturated rings. The first-order valence-electron chi connectivity index (χ1n) is 8.00. The van der Waals surface area contributed by atoms with Crippen LogP contribution in [0.2, 0.25) is 5.02 Å². The van der Waals surface area contributed by atoms with Crippen molar-refractivity contribution in [2.45, 2.75) is 0 Å². The van der Waals surface area contributed by atoms with E-state index >= 15 is 0 Å². The summed E-state index contributed by atoms with van der Waals surface area (Å²) in [4.78, 5) is 16.3. The van der Waals surface area contributed by atoms with Crippen LogP contribution in [-0.2, 0) is 0 Å². The topological polar surface area (TPSA) is 35.6 Å². The van der Waals surface area contributed by atoms with E-state index in [1.807, 2.05) is 65.6 Å². The molecular formula is C19H20ClN3O. The number of benzene rings is 2. The van der Waals surface area contributed by atoms with E-state index in [2.05, 4.69) is 10.2 Å². The third-order valence-corrected chi connectivity index (χ3v) is 4.26. The Morgan fingerprint density at radius 2 is 1.75 bits per heavy atom. The molecule has 1 saturated heterocycles. The Balaban J connectivity index is 1.49. The standard InChI is InChI=1S/C19H20ClN3O/c20-17-7-4-8-18(15-17)22-11-13-23(14-12-22)19(24)21-10-9-16-5-2-1-3-6-16/h1-10,15H,11-14H2,(H,21,24)/b10-9+. The first-order valence-corrected chi connectivity index (χ1v) is 8.38. The number of nitrogens with one attached hydrogen (secondary N) is 1. The molecule has 0 atom stereocenters. The van der Waals surface area contributed by atoms with E-state index in [4.69, 9.17) is 11.6 Å². The smallest absolute Gasteiger partial charge is 0.321 e. The fourth-order valence-electron chi connectivity index (χ4n) is 2.71. The van der Waals surface area contributed by atoms with Gasteiger partial charge in [-0.25, -0.2) is 4.79 Å². The number of amides is 2. The van der Waals surface area contributed by atoms with Crippen LogP contribution in [0.1, 0.15) is 5.56 Å². The summed E-state index contributed by atoms with van der Waals surface area (Å²) in [6.45, 7) is 2.99. The lowest BCUT2D eigenvalue weighted by atomic mass is 10.2. The number of hydrogen-bond donors (Lipinski definition) is 1. The molecule has 0 unspecified atom stereocenters.